The van der Waals surface area contributed by atoms with Gasteiger partial charge in [-0.1, -0.05) is 6.07 Å². The number of ether oxygens (including phenoxy) is 2. The largest absolute Gasteiger partial charge is 0.489 e. The lowest BCUT2D eigenvalue weighted by atomic mass is 10.2. The Labute approximate surface area is 118 Å². The molecule has 1 aromatic rings. The van der Waals surface area contributed by atoms with Crippen molar-refractivity contribution in [2.24, 2.45) is 5.73 Å². The molecular formula is C14H21FN2O3. The second-order valence-electron chi connectivity index (χ2n) is 4.49. The first-order valence-electron chi connectivity index (χ1n) is 6.47. The Hall–Kier alpha value is -1.66. The maximum absolute atomic E-state index is 13.0. The Kier molecular flexibility index (Phi) is 6.97. The van der Waals surface area contributed by atoms with Crippen molar-refractivity contribution in [1.29, 1.82) is 0 Å². The lowest BCUT2D eigenvalue weighted by Gasteiger charge is -2.17. The topological polar surface area (TPSA) is 73.6 Å². The minimum Gasteiger partial charge on any atom is -0.489 e. The molecule has 0 bridgehead atoms. The van der Waals surface area contributed by atoms with E-state index in [2.05, 4.69) is 5.32 Å². The molecule has 0 radical (unpaired) electrons. The molecule has 5 nitrogen and oxygen atoms in total. The maximum Gasteiger partial charge on any atom is 0.222 e. The summed E-state index contributed by atoms with van der Waals surface area (Å²) in [6.45, 7) is 2.41. The minimum atomic E-state index is -0.357. The van der Waals surface area contributed by atoms with Crippen molar-refractivity contribution >= 4 is 5.91 Å². The maximum atomic E-state index is 13.0. The lowest BCUT2D eigenvalue weighted by molar-refractivity contribution is -0.123. The molecule has 0 aliphatic carbocycles. The van der Waals surface area contributed by atoms with Gasteiger partial charge in [0.15, 0.2) is 0 Å². The van der Waals surface area contributed by atoms with Gasteiger partial charge in [-0.3, -0.25) is 4.79 Å². The van der Waals surface area contributed by atoms with E-state index in [1.807, 2.05) is 0 Å². The Bertz CT molecular complexity index is 425. The summed E-state index contributed by atoms with van der Waals surface area (Å²) >= 11 is 0. The van der Waals surface area contributed by atoms with E-state index in [0.717, 1.165) is 0 Å². The number of carbonyl (C=O) groups is 1. The second-order valence-corrected chi connectivity index (χ2v) is 4.49. The SMILES string of the molecule is COC(CN)CC(=O)NCC(C)Oc1cccc(F)c1. The third-order valence-corrected chi connectivity index (χ3v) is 2.73. The van der Waals surface area contributed by atoms with Gasteiger partial charge in [0.25, 0.3) is 0 Å². The molecule has 2 unspecified atom stereocenters. The molecule has 0 spiro atoms. The van der Waals surface area contributed by atoms with Gasteiger partial charge in [0.1, 0.15) is 17.7 Å². The number of rotatable bonds is 8. The van der Waals surface area contributed by atoms with Gasteiger partial charge in [0, 0.05) is 19.7 Å². The van der Waals surface area contributed by atoms with E-state index in [9.17, 15) is 9.18 Å². The van der Waals surface area contributed by atoms with Crippen LogP contribution in [0.2, 0.25) is 0 Å². The van der Waals surface area contributed by atoms with E-state index in [-0.39, 0.29) is 30.4 Å². The van der Waals surface area contributed by atoms with Crippen molar-refractivity contribution in [3.63, 3.8) is 0 Å². The van der Waals surface area contributed by atoms with E-state index in [1.165, 1.54) is 19.2 Å². The molecule has 1 rings (SSSR count). The summed E-state index contributed by atoms with van der Waals surface area (Å²) in [6.07, 6.45) is -0.339. The number of hydrogen-bond acceptors (Lipinski definition) is 4. The molecule has 3 N–H and O–H groups in total. The smallest absolute Gasteiger partial charge is 0.222 e. The Morgan fingerprint density at radius 3 is 2.85 bits per heavy atom. The molecule has 6 heteroatoms. The van der Waals surface area contributed by atoms with Gasteiger partial charge in [0.05, 0.1) is 19.1 Å². The van der Waals surface area contributed by atoms with E-state index in [1.54, 1.807) is 19.1 Å². The fourth-order valence-corrected chi connectivity index (χ4v) is 1.61. The van der Waals surface area contributed by atoms with Crippen molar-refractivity contribution in [3.05, 3.63) is 30.1 Å². The highest BCUT2D eigenvalue weighted by atomic mass is 19.1. The van der Waals surface area contributed by atoms with Crippen LogP contribution in [0.25, 0.3) is 0 Å². The average Bonchev–Trinajstić information content (AvgIpc) is 2.42. The molecule has 0 fully saturated rings. The highest BCUT2D eigenvalue weighted by Gasteiger charge is 2.12. The van der Waals surface area contributed by atoms with Gasteiger partial charge < -0.3 is 20.5 Å². The highest BCUT2D eigenvalue weighted by molar-refractivity contribution is 5.76. The quantitative estimate of drug-likeness (QED) is 0.749. The Balaban J connectivity index is 2.32. The molecule has 0 aromatic heterocycles. The van der Waals surface area contributed by atoms with E-state index in [4.69, 9.17) is 15.2 Å². The van der Waals surface area contributed by atoms with E-state index < -0.39 is 0 Å². The number of hydrogen-bond donors (Lipinski definition) is 2. The van der Waals surface area contributed by atoms with Crippen LogP contribution in [-0.4, -0.2) is 38.3 Å². The molecule has 20 heavy (non-hydrogen) atoms. The number of halogens is 1. The number of benzene rings is 1. The zero-order valence-corrected chi connectivity index (χ0v) is 11.8. The van der Waals surface area contributed by atoms with Crippen molar-refractivity contribution < 1.29 is 18.7 Å². The summed E-state index contributed by atoms with van der Waals surface area (Å²) < 4.78 is 23.5. The Morgan fingerprint density at radius 2 is 2.25 bits per heavy atom. The van der Waals surface area contributed by atoms with Gasteiger partial charge in [-0.05, 0) is 19.1 Å². The van der Waals surface area contributed by atoms with Crippen LogP contribution in [0.1, 0.15) is 13.3 Å². The molecule has 0 heterocycles. The molecule has 0 aliphatic heterocycles. The number of nitrogens with two attached hydrogens (primary N) is 1. The van der Waals surface area contributed by atoms with Crippen molar-refractivity contribution in [1.82, 2.24) is 5.32 Å². The average molecular weight is 284 g/mol. The van der Waals surface area contributed by atoms with Crippen LogP contribution >= 0.6 is 0 Å². The number of carbonyl (C=O) groups excluding carboxylic acids is 1. The van der Waals surface area contributed by atoms with Crippen LogP contribution in [-0.2, 0) is 9.53 Å². The summed E-state index contributed by atoms with van der Waals surface area (Å²) in [6, 6.07) is 5.88. The van der Waals surface area contributed by atoms with Crippen LogP contribution in [0, 0.1) is 5.82 Å². The van der Waals surface area contributed by atoms with Crippen molar-refractivity contribution in [2.75, 3.05) is 20.2 Å². The molecule has 0 saturated heterocycles. The molecule has 0 saturated carbocycles. The fourth-order valence-electron chi connectivity index (χ4n) is 1.61. The first kappa shape index (κ1) is 16.4. The Morgan fingerprint density at radius 1 is 1.50 bits per heavy atom. The summed E-state index contributed by atoms with van der Waals surface area (Å²) in [7, 11) is 1.51. The number of methoxy groups -OCH3 is 1. The molecule has 0 aliphatic rings. The zero-order valence-electron chi connectivity index (χ0n) is 11.8. The predicted molar refractivity (Wildman–Crippen MR) is 74.0 cm³/mol. The first-order valence-corrected chi connectivity index (χ1v) is 6.47. The van der Waals surface area contributed by atoms with Gasteiger partial charge in [-0.2, -0.15) is 0 Å². The lowest BCUT2D eigenvalue weighted by Crippen LogP contribution is -2.37. The monoisotopic (exact) mass is 284 g/mol. The summed E-state index contributed by atoms with van der Waals surface area (Å²) in [5.74, 6) is -0.0786. The van der Waals surface area contributed by atoms with Crippen molar-refractivity contribution in [2.45, 2.75) is 25.6 Å². The van der Waals surface area contributed by atoms with Gasteiger partial charge in [-0.15, -0.1) is 0 Å². The third-order valence-electron chi connectivity index (χ3n) is 2.73. The minimum absolute atomic E-state index is 0.156. The van der Waals surface area contributed by atoms with Crippen LogP contribution in [0.4, 0.5) is 4.39 Å². The normalized spacial score (nSPS) is 13.6. The van der Waals surface area contributed by atoms with E-state index >= 15 is 0 Å². The van der Waals surface area contributed by atoms with Crippen molar-refractivity contribution in [3.8, 4) is 5.75 Å². The van der Waals surface area contributed by atoms with Crippen LogP contribution in [0.5, 0.6) is 5.75 Å². The number of amides is 1. The molecule has 1 aromatic carbocycles. The summed E-state index contributed by atoms with van der Waals surface area (Å²) in [5.41, 5.74) is 5.44. The fraction of sp³-hybridized carbons (Fsp3) is 0.500. The molecule has 112 valence electrons. The molecular weight excluding hydrogens is 263 g/mol. The van der Waals surface area contributed by atoms with Crippen LogP contribution in [0.15, 0.2) is 24.3 Å². The second kappa shape index (κ2) is 8.50. The van der Waals surface area contributed by atoms with E-state index in [0.29, 0.717) is 18.8 Å². The predicted octanol–water partition coefficient (Wildman–Crippen LogP) is 1.07. The summed E-state index contributed by atoms with van der Waals surface area (Å²) in [5, 5.41) is 2.72. The standard InChI is InChI=1S/C14H21FN2O3/c1-10(20-12-5-3-4-11(15)6-12)9-17-14(18)7-13(8-16)19-2/h3-6,10,13H,7-9,16H2,1-2H3,(H,17,18). The highest BCUT2D eigenvalue weighted by Crippen LogP contribution is 2.13. The van der Waals surface area contributed by atoms with Gasteiger partial charge >= 0.3 is 0 Å². The third kappa shape index (κ3) is 5.99. The molecule has 1 amide bonds. The summed E-state index contributed by atoms with van der Waals surface area (Å²) in [4.78, 5) is 11.6. The molecule has 2 atom stereocenters. The van der Waals surface area contributed by atoms with Gasteiger partial charge in [0.2, 0.25) is 5.91 Å². The zero-order chi connectivity index (χ0) is 15.0. The first-order chi connectivity index (χ1) is 9.55. The number of nitrogens with one attached hydrogen (secondary N) is 1. The van der Waals surface area contributed by atoms with Crippen LogP contribution < -0.4 is 15.8 Å². The van der Waals surface area contributed by atoms with Gasteiger partial charge in [-0.25, -0.2) is 4.39 Å². The van der Waals surface area contributed by atoms with Crippen LogP contribution in [0.3, 0.4) is 0 Å².